The molecule has 6 nitrogen and oxygen atoms in total. The molecule has 2 fully saturated rings. The first-order valence-corrected chi connectivity index (χ1v) is 12.6. The van der Waals surface area contributed by atoms with E-state index in [1.54, 1.807) is 11.8 Å². The van der Waals surface area contributed by atoms with Crippen molar-refractivity contribution in [2.75, 3.05) is 32.4 Å². The molecule has 0 N–H and O–H groups in total. The second-order valence-corrected chi connectivity index (χ2v) is 9.30. The highest BCUT2D eigenvalue weighted by Crippen LogP contribution is 2.23. The molecular weight excluding hydrogens is 396 g/mol. The van der Waals surface area contributed by atoms with Crippen molar-refractivity contribution in [3.05, 3.63) is 30.1 Å². The molecule has 7 heteroatoms. The molecule has 0 unspecified atom stereocenters. The van der Waals surface area contributed by atoms with E-state index in [0.717, 1.165) is 61.4 Å². The third-order valence-electron chi connectivity index (χ3n) is 6.42. The fourth-order valence-electron chi connectivity index (χ4n) is 4.70. The molecule has 162 valence electrons. The molecule has 2 amide bonds. The number of likely N-dealkylation sites (tertiary alicyclic amines) is 2. The number of carbonyl (C=O) groups is 2. The third-order valence-corrected chi connectivity index (χ3v) is 6.96. The van der Waals surface area contributed by atoms with Gasteiger partial charge in [-0.1, -0.05) is 25.0 Å². The zero-order chi connectivity index (χ0) is 20.9. The number of hydrogen-bond donors (Lipinski definition) is 0. The van der Waals surface area contributed by atoms with Crippen LogP contribution in [0.15, 0.2) is 24.3 Å². The van der Waals surface area contributed by atoms with Crippen LogP contribution in [0, 0.1) is 5.92 Å². The van der Waals surface area contributed by atoms with Gasteiger partial charge in [-0.15, -0.1) is 0 Å². The first-order valence-electron chi connectivity index (χ1n) is 11.2. The van der Waals surface area contributed by atoms with Gasteiger partial charge in [-0.3, -0.25) is 9.59 Å². The van der Waals surface area contributed by atoms with E-state index in [1.165, 1.54) is 12.8 Å². The summed E-state index contributed by atoms with van der Waals surface area (Å²) in [7, 11) is 0. The summed E-state index contributed by atoms with van der Waals surface area (Å²) in [6.07, 6.45) is 8.33. The minimum atomic E-state index is 0.0771. The highest BCUT2D eigenvalue weighted by molar-refractivity contribution is 7.97. The molecule has 2 aliphatic rings. The predicted octanol–water partition coefficient (Wildman–Crippen LogP) is 3.54. The van der Waals surface area contributed by atoms with E-state index in [1.807, 2.05) is 29.2 Å². The molecule has 1 aromatic carbocycles. The van der Waals surface area contributed by atoms with Gasteiger partial charge in [0.05, 0.1) is 16.8 Å². The number of hydrogen-bond acceptors (Lipinski definition) is 4. The van der Waals surface area contributed by atoms with Crippen molar-refractivity contribution in [2.45, 2.75) is 50.8 Å². The van der Waals surface area contributed by atoms with E-state index >= 15 is 0 Å². The van der Waals surface area contributed by atoms with Crippen LogP contribution in [-0.4, -0.2) is 63.6 Å². The molecule has 0 aliphatic carbocycles. The van der Waals surface area contributed by atoms with Crippen molar-refractivity contribution >= 4 is 34.6 Å². The minimum Gasteiger partial charge on any atom is -0.342 e. The third kappa shape index (κ3) is 4.66. The zero-order valence-corrected chi connectivity index (χ0v) is 18.7. The lowest BCUT2D eigenvalue weighted by atomic mass is 9.95. The summed E-state index contributed by atoms with van der Waals surface area (Å²) in [5.74, 6) is 2.25. The number of fused-ring (bicyclic) bond motifs is 1. The standard InChI is InChI=1S/C23H32N4O2S/c1-30-17-21-24-19-8-4-5-9-20(19)27(21)16-22(28)25-14-10-18(11-15-25)23(29)26-12-6-2-3-7-13-26/h4-5,8-9,18H,2-3,6-7,10-17H2,1H3. The van der Waals surface area contributed by atoms with Gasteiger partial charge < -0.3 is 14.4 Å². The lowest BCUT2D eigenvalue weighted by Crippen LogP contribution is -2.45. The van der Waals surface area contributed by atoms with Gasteiger partial charge in [-0.05, 0) is 44.1 Å². The fourth-order valence-corrected chi connectivity index (χ4v) is 5.18. The lowest BCUT2D eigenvalue weighted by Gasteiger charge is -2.34. The molecule has 2 saturated heterocycles. The first kappa shape index (κ1) is 21.2. The normalized spacial score (nSPS) is 18.6. The van der Waals surface area contributed by atoms with Gasteiger partial charge in [0.25, 0.3) is 0 Å². The van der Waals surface area contributed by atoms with Crippen molar-refractivity contribution in [1.82, 2.24) is 19.4 Å². The summed E-state index contributed by atoms with van der Waals surface area (Å²) in [6.45, 7) is 3.48. The SMILES string of the molecule is CSCc1nc2ccccc2n1CC(=O)N1CCC(C(=O)N2CCCCCC2)CC1. The van der Waals surface area contributed by atoms with Crippen molar-refractivity contribution in [2.24, 2.45) is 5.92 Å². The van der Waals surface area contributed by atoms with Crippen LogP contribution in [0.3, 0.4) is 0 Å². The van der Waals surface area contributed by atoms with Crippen LogP contribution in [0.1, 0.15) is 44.3 Å². The molecule has 3 heterocycles. The molecule has 4 rings (SSSR count). The van der Waals surface area contributed by atoms with Gasteiger partial charge in [0, 0.05) is 32.1 Å². The molecule has 0 atom stereocenters. The minimum absolute atomic E-state index is 0.0771. The second-order valence-electron chi connectivity index (χ2n) is 8.43. The van der Waals surface area contributed by atoms with Crippen molar-refractivity contribution in [3.8, 4) is 0 Å². The smallest absolute Gasteiger partial charge is 0.242 e. The van der Waals surface area contributed by atoms with Gasteiger partial charge in [-0.2, -0.15) is 11.8 Å². The number of carbonyl (C=O) groups excluding carboxylic acids is 2. The van der Waals surface area contributed by atoms with Crippen LogP contribution < -0.4 is 0 Å². The largest absolute Gasteiger partial charge is 0.342 e. The second kappa shape index (κ2) is 9.86. The average molecular weight is 429 g/mol. The summed E-state index contributed by atoms with van der Waals surface area (Å²) in [5, 5.41) is 0. The van der Waals surface area contributed by atoms with Gasteiger partial charge in [0.2, 0.25) is 11.8 Å². The number of thioether (sulfide) groups is 1. The van der Waals surface area contributed by atoms with Crippen LogP contribution in [0.25, 0.3) is 11.0 Å². The Hall–Kier alpha value is -2.02. The zero-order valence-electron chi connectivity index (χ0n) is 17.9. The fraction of sp³-hybridized carbons (Fsp3) is 0.609. The Labute approximate surface area is 183 Å². The Morgan fingerprint density at radius 2 is 1.70 bits per heavy atom. The molecule has 2 aromatic rings. The Kier molecular flexibility index (Phi) is 6.97. The van der Waals surface area contributed by atoms with Gasteiger partial charge in [0.15, 0.2) is 0 Å². The highest BCUT2D eigenvalue weighted by atomic mass is 32.2. The maximum Gasteiger partial charge on any atom is 0.242 e. The Bertz CT molecular complexity index is 880. The quantitative estimate of drug-likeness (QED) is 0.731. The number of aromatic nitrogens is 2. The molecule has 2 aliphatic heterocycles. The Balaban J connectivity index is 1.37. The Morgan fingerprint density at radius 3 is 2.40 bits per heavy atom. The molecule has 0 spiro atoms. The average Bonchev–Trinajstić information content (AvgIpc) is 2.94. The summed E-state index contributed by atoms with van der Waals surface area (Å²) >= 11 is 1.71. The molecule has 0 saturated carbocycles. The van der Waals surface area contributed by atoms with E-state index in [0.29, 0.717) is 25.5 Å². The Morgan fingerprint density at radius 1 is 1.00 bits per heavy atom. The van der Waals surface area contributed by atoms with E-state index in [9.17, 15) is 9.59 Å². The first-order chi connectivity index (χ1) is 14.7. The van der Waals surface area contributed by atoms with E-state index < -0.39 is 0 Å². The predicted molar refractivity (Wildman–Crippen MR) is 121 cm³/mol. The van der Waals surface area contributed by atoms with Crippen LogP contribution in [-0.2, 0) is 21.9 Å². The topological polar surface area (TPSA) is 58.4 Å². The van der Waals surface area contributed by atoms with Gasteiger partial charge in [0.1, 0.15) is 12.4 Å². The molecule has 30 heavy (non-hydrogen) atoms. The number of piperidine rings is 1. The van der Waals surface area contributed by atoms with Crippen LogP contribution in [0.2, 0.25) is 0 Å². The summed E-state index contributed by atoms with van der Waals surface area (Å²) < 4.78 is 2.06. The molecule has 0 bridgehead atoms. The number of amides is 2. The van der Waals surface area contributed by atoms with Crippen LogP contribution in [0.5, 0.6) is 0 Å². The van der Waals surface area contributed by atoms with Gasteiger partial charge in [-0.25, -0.2) is 4.98 Å². The molecular formula is C23H32N4O2S. The van der Waals surface area contributed by atoms with Gasteiger partial charge >= 0.3 is 0 Å². The van der Waals surface area contributed by atoms with Crippen LogP contribution >= 0.6 is 11.8 Å². The number of imidazole rings is 1. The van der Waals surface area contributed by atoms with E-state index in [4.69, 9.17) is 4.98 Å². The molecule has 1 aromatic heterocycles. The van der Waals surface area contributed by atoms with E-state index in [2.05, 4.69) is 15.7 Å². The number of rotatable bonds is 5. The van der Waals surface area contributed by atoms with E-state index in [-0.39, 0.29) is 11.8 Å². The lowest BCUT2D eigenvalue weighted by molar-refractivity contribution is -0.141. The summed E-state index contributed by atoms with van der Waals surface area (Å²) in [4.78, 5) is 34.7. The highest BCUT2D eigenvalue weighted by Gasteiger charge is 2.30. The number of benzene rings is 1. The van der Waals surface area contributed by atoms with Crippen molar-refractivity contribution in [3.63, 3.8) is 0 Å². The maximum atomic E-state index is 13.1. The maximum absolute atomic E-state index is 13.1. The number of nitrogens with zero attached hydrogens (tertiary/aromatic N) is 4. The number of para-hydroxylation sites is 2. The monoisotopic (exact) mass is 428 g/mol. The van der Waals surface area contributed by atoms with Crippen molar-refractivity contribution in [1.29, 1.82) is 0 Å². The van der Waals surface area contributed by atoms with Crippen molar-refractivity contribution < 1.29 is 9.59 Å². The van der Waals surface area contributed by atoms with Crippen LogP contribution in [0.4, 0.5) is 0 Å². The molecule has 0 radical (unpaired) electrons. The summed E-state index contributed by atoms with van der Waals surface area (Å²) in [6, 6.07) is 8.01. The summed E-state index contributed by atoms with van der Waals surface area (Å²) in [5.41, 5.74) is 1.96.